The summed E-state index contributed by atoms with van der Waals surface area (Å²) < 4.78 is 25.0. The number of carbonyl (C=O) groups is 1. The fourth-order valence-corrected chi connectivity index (χ4v) is 3.16. The lowest BCUT2D eigenvalue weighted by Gasteiger charge is -2.01. The second-order valence-electron chi connectivity index (χ2n) is 3.10. The zero-order chi connectivity index (χ0) is 12.3. The maximum Gasteiger partial charge on any atom is 0.346 e. The van der Waals surface area contributed by atoms with Gasteiger partial charge in [0.2, 0.25) is 10.0 Å². The Morgan fingerprint density at radius 1 is 1.69 bits per heavy atom. The minimum absolute atomic E-state index is 0.135. The average molecular weight is 261 g/mol. The smallest absolute Gasteiger partial charge is 0.346 e. The van der Waals surface area contributed by atoms with Gasteiger partial charge >= 0.3 is 5.97 Å². The van der Waals surface area contributed by atoms with Gasteiger partial charge in [-0.3, -0.25) is 4.72 Å². The minimum Gasteiger partial charge on any atom is -0.477 e. The second-order valence-corrected chi connectivity index (χ2v) is 5.92. The van der Waals surface area contributed by atoms with Crippen molar-refractivity contribution in [2.45, 2.75) is 6.92 Å². The number of carboxylic acid groups (broad SMARTS) is 1. The molecule has 0 aliphatic heterocycles. The van der Waals surface area contributed by atoms with Crippen molar-refractivity contribution in [3.63, 3.8) is 0 Å². The third-order valence-corrected chi connectivity index (χ3v) is 4.18. The van der Waals surface area contributed by atoms with Gasteiger partial charge in [-0.2, -0.15) is 0 Å². The first-order valence-corrected chi connectivity index (χ1v) is 6.77. The van der Waals surface area contributed by atoms with Gasteiger partial charge in [0.05, 0.1) is 5.75 Å². The first-order valence-electron chi connectivity index (χ1n) is 4.31. The zero-order valence-electron chi connectivity index (χ0n) is 8.56. The highest BCUT2D eigenvalue weighted by Crippen LogP contribution is 2.27. The highest BCUT2D eigenvalue weighted by Gasteiger charge is 2.15. The van der Waals surface area contributed by atoms with Crippen molar-refractivity contribution in [1.29, 1.82) is 0 Å². The first-order chi connectivity index (χ1) is 7.35. The van der Waals surface area contributed by atoms with E-state index in [9.17, 15) is 13.2 Å². The van der Waals surface area contributed by atoms with Crippen LogP contribution in [0.25, 0.3) is 0 Å². The summed E-state index contributed by atoms with van der Waals surface area (Å²) in [5, 5.41) is 9.10. The van der Waals surface area contributed by atoms with E-state index in [0.29, 0.717) is 10.6 Å². The van der Waals surface area contributed by atoms with Crippen LogP contribution in [0, 0.1) is 6.92 Å². The molecule has 0 aromatic carbocycles. The van der Waals surface area contributed by atoms with Crippen molar-refractivity contribution in [3.05, 3.63) is 29.2 Å². The van der Waals surface area contributed by atoms with Crippen molar-refractivity contribution >= 4 is 32.3 Å². The molecule has 0 fully saturated rings. The molecule has 0 atom stereocenters. The Kier molecular flexibility index (Phi) is 3.71. The fourth-order valence-electron chi connectivity index (χ4n) is 1.09. The Balaban J connectivity index is 2.96. The molecule has 0 spiro atoms. The standard InChI is InChI=1S/C9H11NO4S2/c1-3-4-16(13,14)10-7-5-6(2)8(15-7)9(11)12/h3,5,10H,1,4H2,2H3,(H,11,12). The molecular weight excluding hydrogens is 250 g/mol. The lowest BCUT2D eigenvalue weighted by Crippen LogP contribution is -2.14. The molecule has 0 unspecified atom stereocenters. The number of hydrogen-bond donors (Lipinski definition) is 2. The van der Waals surface area contributed by atoms with E-state index >= 15 is 0 Å². The number of nitrogens with one attached hydrogen (secondary N) is 1. The molecule has 0 aliphatic rings. The van der Waals surface area contributed by atoms with Crippen molar-refractivity contribution in [2.24, 2.45) is 0 Å². The molecule has 1 aromatic heterocycles. The number of anilines is 1. The van der Waals surface area contributed by atoms with Gasteiger partial charge in [-0.25, -0.2) is 13.2 Å². The van der Waals surface area contributed by atoms with Gasteiger partial charge in [0, 0.05) is 0 Å². The number of sulfonamides is 1. The maximum absolute atomic E-state index is 11.4. The highest BCUT2D eigenvalue weighted by atomic mass is 32.2. The number of hydrogen-bond acceptors (Lipinski definition) is 4. The molecule has 1 rings (SSSR count). The lowest BCUT2D eigenvalue weighted by atomic mass is 10.3. The number of rotatable bonds is 5. The highest BCUT2D eigenvalue weighted by molar-refractivity contribution is 7.93. The summed E-state index contributed by atoms with van der Waals surface area (Å²) >= 11 is 0.896. The summed E-state index contributed by atoms with van der Waals surface area (Å²) in [7, 11) is -3.46. The summed E-state index contributed by atoms with van der Waals surface area (Å²) in [5.41, 5.74) is 0.536. The molecule has 1 heterocycles. The Labute approximate surface area is 97.5 Å². The third kappa shape index (κ3) is 3.07. The molecule has 5 nitrogen and oxygen atoms in total. The van der Waals surface area contributed by atoms with Crippen molar-refractivity contribution in [1.82, 2.24) is 0 Å². The number of aromatic carboxylic acids is 1. The molecule has 0 saturated heterocycles. The van der Waals surface area contributed by atoms with E-state index in [4.69, 9.17) is 5.11 Å². The topological polar surface area (TPSA) is 83.5 Å². The van der Waals surface area contributed by atoms with Crippen LogP contribution in [0.5, 0.6) is 0 Å². The van der Waals surface area contributed by atoms with E-state index in [1.54, 1.807) is 6.92 Å². The molecule has 0 amide bonds. The van der Waals surface area contributed by atoms with Crippen LogP contribution in [0.3, 0.4) is 0 Å². The van der Waals surface area contributed by atoms with Crippen LogP contribution in [-0.2, 0) is 10.0 Å². The number of thiophene rings is 1. The Morgan fingerprint density at radius 2 is 2.31 bits per heavy atom. The van der Waals surface area contributed by atoms with Crippen LogP contribution in [0.4, 0.5) is 5.00 Å². The molecular formula is C9H11NO4S2. The molecule has 2 N–H and O–H groups in total. The Hall–Kier alpha value is -1.34. The lowest BCUT2D eigenvalue weighted by molar-refractivity contribution is 0.0701. The van der Waals surface area contributed by atoms with Crippen LogP contribution >= 0.6 is 11.3 Å². The average Bonchev–Trinajstić information content (AvgIpc) is 2.45. The van der Waals surface area contributed by atoms with Gasteiger partial charge in [0.15, 0.2) is 0 Å². The molecule has 1 aromatic rings. The van der Waals surface area contributed by atoms with Crippen LogP contribution in [-0.4, -0.2) is 25.2 Å². The van der Waals surface area contributed by atoms with E-state index in [-0.39, 0.29) is 10.6 Å². The molecule has 0 saturated carbocycles. The van der Waals surface area contributed by atoms with Gasteiger partial charge in [-0.05, 0) is 18.6 Å². The largest absolute Gasteiger partial charge is 0.477 e. The third-order valence-electron chi connectivity index (χ3n) is 1.71. The van der Waals surface area contributed by atoms with Crippen molar-refractivity contribution < 1.29 is 18.3 Å². The number of carboxylic acids is 1. The van der Waals surface area contributed by atoms with E-state index in [1.807, 2.05) is 0 Å². The van der Waals surface area contributed by atoms with Crippen LogP contribution in [0.15, 0.2) is 18.7 Å². The zero-order valence-corrected chi connectivity index (χ0v) is 10.2. The molecule has 0 radical (unpaired) electrons. The van der Waals surface area contributed by atoms with Crippen molar-refractivity contribution in [3.8, 4) is 0 Å². The molecule has 7 heteroatoms. The van der Waals surface area contributed by atoms with Gasteiger partial charge in [0.1, 0.15) is 9.88 Å². The summed E-state index contributed by atoms with van der Waals surface area (Å²) in [4.78, 5) is 10.9. The summed E-state index contributed by atoms with van der Waals surface area (Å²) in [6, 6.07) is 1.49. The van der Waals surface area contributed by atoms with E-state index in [0.717, 1.165) is 11.3 Å². The summed E-state index contributed by atoms with van der Waals surface area (Å²) in [6.45, 7) is 4.94. The predicted octanol–water partition coefficient (Wildman–Crippen LogP) is 1.68. The SMILES string of the molecule is C=CCS(=O)(=O)Nc1cc(C)c(C(=O)O)s1. The first kappa shape index (κ1) is 12.7. The van der Waals surface area contributed by atoms with Crippen molar-refractivity contribution in [2.75, 3.05) is 10.5 Å². The Morgan fingerprint density at radius 3 is 2.75 bits per heavy atom. The fraction of sp³-hybridized carbons (Fsp3) is 0.222. The molecule has 88 valence electrons. The van der Waals surface area contributed by atoms with Gasteiger partial charge in [0.25, 0.3) is 0 Å². The molecule has 0 aliphatic carbocycles. The summed E-state index contributed by atoms with van der Waals surface area (Å²) in [5.74, 6) is -1.26. The molecule has 0 bridgehead atoms. The van der Waals surface area contributed by atoms with E-state index < -0.39 is 16.0 Å². The van der Waals surface area contributed by atoms with Gasteiger partial charge < -0.3 is 5.11 Å². The molecule has 16 heavy (non-hydrogen) atoms. The van der Waals surface area contributed by atoms with Crippen LogP contribution < -0.4 is 4.72 Å². The minimum atomic E-state index is -3.46. The second kappa shape index (κ2) is 4.67. The monoisotopic (exact) mass is 261 g/mol. The predicted molar refractivity (Wildman–Crippen MR) is 63.6 cm³/mol. The number of aryl methyl sites for hydroxylation is 1. The van der Waals surface area contributed by atoms with Gasteiger partial charge in [-0.15, -0.1) is 17.9 Å². The van der Waals surface area contributed by atoms with Gasteiger partial charge in [-0.1, -0.05) is 6.08 Å². The van der Waals surface area contributed by atoms with E-state index in [2.05, 4.69) is 11.3 Å². The van der Waals surface area contributed by atoms with E-state index in [1.165, 1.54) is 12.1 Å². The summed E-state index contributed by atoms with van der Waals surface area (Å²) in [6.07, 6.45) is 1.26. The maximum atomic E-state index is 11.4. The Bertz CT molecular complexity index is 516. The van der Waals surface area contributed by atoms with Crippen LogP contribution in [0.1, 0.15) is 15.2 Å². The quantitative estimate of drug-likeness (QED) is 0.790. The van der Waals surface area contributed by atoms with Crippen LogP contribution in [0.2, 0.25) is 0 Å². The normalized spacial score (nSPS) is 11.1.